The van der Waals surface area contributed by atoms with E-state index in [9.17, 15) is 14.0 Å². The predicted octanol–water partition coefficient (Wildman–Crippen LogP) is 1.81. The zero-order chi connectivity index (χ0) is 12.4. The Labute approximate surface area is 106 Å². The third-order valence-corrected chi connectivity index (χ3v) is 3.14. The van der Waals surface area contributed by atoms with Gasteiger partial charge in [-0.05, 0) is 40.5 Å². The molecule has 17 heavy (non-hydrogen) atoms. The van der Waals surface area contributed by atoms with Gasteiger partial charge in [0.2, 0.25) is 11.8 Å². The lowest BCUT2D eigenvalue weighted by Crippen LogP contribution is -2.37. The van der Waals surface area contributed by atoms with E-state index in [0.29, 0.717) is 23.0 Å². The molecule has 1 saturated heterocycles. The van der Waals surface area contributed by atoms with E-state index < -0.39 is 11.9 Å². The van der Waals surface area contributed by atoms with Gasteiger partial charge in [0.25, 0.3) is 0 Å². The largest absolute Gasteiger partial charge is 0.344 e. The average molecular weight is 301 g/mol. The van der Waals surface area contributed by atoms with Crippen LogP contribution in [-0.2, 0) is 9.59 Å². The highest BCUT2D eigenvalue weighted by atomic mass is 79.9. The Morgan fingerprint density at radius 2 is 2.29 bits per heavy atom. The summed E-state index contributed by atoms with van der Waals surface area (Å²) in [5.74, 6) is -0.900. The zero-order valence-corrected chi connectivity index (χ0v) is 10.4. The Morgan fingerprint density at radius 3 is 2.88 bits per heavy atom. The van der Waals surface area contributed by atoms with E-state index in [1.165, 1.54) is 12.1 Å². The van der Waals surface area contributed by atoms with E-state index in [-0.39, 0.29) is 11.8 Å². The number of amides is 2. The molecule has 2 rings (SSSR count). The third-order valence-electron chi connectivity index (χ3n) is 2.50. The highest BCUT2D eigenvalue weighted by Gasteiger charge is 2.27. The molecule has 0 bridgehead atoms. The second-order valence-electron chi connectivity index (χ2n) is 3.78. The molecule has 90 valence electrons. The van der Waals surface area contributed by atoms with Crippen molar-refractivity contribution in [2.75, 3.05) is 5.32 Å². The molecule has 1 aliphatic rings. The van der Waals surface area contributed by atoms with Crippen molar-refractivity contribution in [2.45, 2.75) is 18.9 Å². The molecule has 1 aromatic carbocycles. The Kier molecular flexibility index (Phi) is 3.42. The minimum Gasteiger partial charge on any atom is -0.344 e. The lowest BCUT2D eigenvalue weighted by molar-refractivity contribution is -0.122. The predicted molar refractivity (Wildman–Crippen MR) is 63.9 cm³/mol. The topological polar surface area (TPSA) is 58.2 Å². The lowest BCUT2D eigenvalue weighted by Gasteiger charge is -2.11. The second kappa shape index (κ2) is 4.83. The summed E-state index contributed by atoms with van der Waals surface area (Å²) < 4.78 is 13.5. The van der Waals surface area contributed by atoms with Crippen LogP contribution in [0.4, 0.5) is 10.1 Å². The van der Waals surface area contributed by atoms with Crippen molar-refractivity contribution in [1.82, 2.24) is 5.32 Å². The molecule has 1 aliphatic heterocycles. The first-order valence-corrected chi connectivity index (χ1v) is 5.91. The first kappa shape index (κ1) is 12.0. The normalized spacial score (nSPS) is 18.9. The van der Waals surface area contributed by atoms with Gasteiger partial charge in [-0.25, -0.2) is 4.39 Å². The molecule has 4 nitrogen and oxygen atoms in total. The quantitative estimate of drug-likeness (QED) is 0.875. The highest BCUT2D eigenvalue weighted by Crippen LogP contribution is 2.20. The Bertz CT molecular complexity index is 479. The molecule has 1 atom stereocenters. The smallest absolute Gasteiger partial charge is 0.246 e. The minimum atomic E-state index is -0.519. The van der Waals surface area contributed by atoms with Crippen LogP contribution in [0.3, 0.4) is 0 Å². The molecule has 2 amide bonds. The fraction of sp³-hybridized carbons (Fsp3) is 0.273. The van der Waals surface area contributed by atoms with E-state index in [0.717, 1.165) is 0 Å². The van der Waals surface area contributed by atoms with Crippen molar-refractivity contribution in [2.24, 2.45) is 0 Å². The van der Waals surface area contributed by atoms with Crippen LogP contribution in [0.5, 0.6) is 0 Å². The number of hydrogen-bond acceptors (Lipinski definition) is 2. The average Bonchev–Trinajstić information content (AvgIpc) is 2.70. The summed E-state index contributed by atoms with van der Waals surface area (Å²) >= 11 is 3.03. The molecule has 1 fully saturated rings. The molecule has 2 N–H and O–H groups in total. The monoisotopic (exact) mass is 300 g/mol. The molecule has 6 heteroatoms. The lowest BCUT2D eigenvalue weighted by atomic mass is 10.2. The molecule has 0 aromatic heterocycles. The molecule has 1 heterocycles. The SMILES string of the molecule is O=C1CC[C@@H](C(=O)Nc2ccc(Br)c(F)c2)N1. The summed E-state index contributed by atoms with van der Waals surface area (Å²) in [6, 6.07) is 3.80. The second-order valence-corrected chi connectivity index (χ2v) is 4.63. The van der Waals surface area contributed by atoms with Gasteiger partial charge in [-0.3, -0.25) is 9.59 Å². The number of halogens is 2. The Hall–Kier alpha value is -1.43. The van der Waals surface area contributed by atoms with Crippen LogP contribution in [0.1, 0.15) is 12.8 Å². The summed E-state index contributed by atoms with van der Waals surface area (Å²) in [7, 11) is 0. The molecule has 1 aromatic rings. The van der Waals surface area contributed by atoms with E-state index in [1.807, 2.05) is 0 Å². The van der Waals surface area contributed by atoms with Gasteiger partial charge < -0.3 is 10.6 Å². The number of anilines is 1. The molecule has 0 saturated carbocycles. The number of hydrogen-bond donors (Lipinski definition) is 2. The Morgan fingerprint density at radius 1 is 1.53 bits per heavy atom. The highest BCUT2D eigenvalue weighted by molar-refractivity contribution is 9.10. The van der Waals surface area contributed by atoms with Crippen molar-refractivity contribution >= 4 is 33.4 Å². The number of benzene rings is 1. The maximum atomic E-state index is 13.2. The standard InChI is InChI=1S/C11H10BrFN2O2/c12-7-2-1-6(5-8(7)13)14-11(17)9-3-4-10(16)15-9/h1-2,5,9H,3-4H2,(H,14,17)(H,15,16)/t9-/m0/s1. The summed E-state index contributed by atoms with van der Waals surface area (Å²) in [6.45, 7) is 0. The molecular weight excluding hydrogens is 291 g/mol. The number of carbonyl (C=O) groups excluding carboxylic acids is 2. The zero-order valence-electron chi connectivity index (χ0n) is 8.80. The van der Waals surface area contributed by atoms with Crippen molar-refractivity contribution in [3.8, 4) is 0 Å². The van der Waals surface area contributed by atoms with Crippen LogP contribution in [-0.4, -0.2) is 17.9 Å². The Balaban J connectivity index is 2.03. The number of carbonyl (C=O) groups is 2. The van der Waals surface area contributed by atoms with Crippen LogP contribution >= 0.6 is 15.9 Å². The van der Waals surface area contributed by atoms with Gasteiger partial charge in [0, 0.05) is 12.1 Å². The molecule has 0 aliphatic carbocycles. The van der Waals surface area contributed by atoms with Crippen LogP contribution in [0.15, 0.2) is 22.7 Å². The number of nitrogens with one attached hydrogen (secondary N) is 2. The van der Waals surface area contributed by atoms with Gasteiger partial charge in [-0.1, -0.05) is 0 Å². The summed E-state index contributed by atoms with van der Waals surface area (Å²) in [5.41, 5.74) is 0.372. The van der Waals surface area contributed by atoms with Crippen LogP contribution in [0, 0.1) is 5.82 Å². The third kappa shape index (κ3) is 2.82. The van der Waals surface area contributed by atoms with Crippen LogP contribution in [0.2, 0.25) is 0 Å². The summed E-state index contributed by atoms with van der Waals surface area (Å²) in [4.78, 5) is 22.6. The van der Waals surface area contributed by atoms with Gasteiger partial charge in [0.15, 0.2) is 0 Å². The van der Waals surface area contributed by atoms with E-state index >= 15 is 0 Å². The maximum absolute atomic E-state index is 13.2. The van der Waals surface area contributed by atoms with E-state index in [2.05, 4.69) is 26.6 Å². The maximum Gasteiger partial charge on any atom is 0.246 e. The van der Waals surface area contributed by atoms with E-state index in [4.69, 9.17) is 0 Å². The molecule has 0 spiro atoms. The van der Waals surface area contributed by atoms with Crippen LogP contribution in [0.25, 0.3) is 0 Å². The molecular formula is C11H10BrFN2O2. The first-order chi connectivity index (χ1) is 8.06. The molecule has 0 unspecified atom stereocenters. The van der Waals surface area contributed by atoms with Gasteiger partial charge in [-0.15, -0.1) is 0 Å². The first-order valence-electron chi connectivity index (χ1n) is 5.11. The van der Waals surface area contributed by atoms with Gasteiger partial charge in [-0.2, -0.15) is 0 Å². The van der Waals surface area contributed by atoms with Crippen LogP contribution < -0.4 is 10.6 Å². The number of rotatable bonds is 2. The fourth-order valence-corrected chi connectivity index (χ4v) is 1.86. The van der Waals surface area contributed by atoms with Crippen molar-refractivity contribution in [3.63, 3.8) is 0 Å². The van der Waals surface area contributed by atoms with E-state index in [1.54, 1.807) is 6.07 Å². The van der Waals surface area contributed by atoms with Crippen molar-refractivity contribution < 1.29 is 14.0 Å². The van der Waals surface area contributed by atoms with Gasteiger partial charge in [0.05, 0.1) is 4.47 Å². The van der Waals surface area contributed by atoms with Crippen molar-refractivity contribution in [3.05, 3.63) is 28.5 Å². The minimum absolute atomic E-state index is 0.132. The summed E-state index contributed by atoms with van der Waals surface area (Å²) in [6.07, 6.45) is 0.830. The fourth-order valence-electron chi connectivity index (χ4n) is 1.61. The molecule has 0 radical (unpaired) electrons. The van der Waals surface area contributed by atoms with Gasteiger partial charge >= 0.3 is 0 Å². The summed E-state index contributed by atoms with van der Waals surface area (Å²) in [5, 5.41) is 5.10. The van der Waals surface area contributed by atoms with Crippen molar-refractivity contribution in [1.29, 1.82) is 0 Å². The van der Waals surface area contributed by atoms with Gasteiger partial charge in [0.1, 0.15) is 11.9 Å².